The lowest BCUT2D eigenvalue weighted by Crippen LogP contribution is -2.12. The smallest absolute Gasteiger partial charge is 0.338 e. The van der Waals surface area contributed by atoms with E-state index >= 15 is 0 Å². The molecule has 1 N–H and O–H groups in total. The number of halogens is 1. The first-order valence-corrected chi connectivity index (χ1v) is 6.40. The Hall–Kier alpha value is -2.21. The maximum absolute atomic E-state index is 12.4. The fourth-order valence-corrected chi connectivity index (χ4v) is 2.08. The van der Waals surface area contributed by atoms with Crippen LogP contribution in [0.25, 0.3) is 0 Å². The van der Waals surface area contributed by atoms with Crippen molar-refractivity contribution in [2.24, 2.45) is 0 Å². The number of carbonyl (C=O) groups is 2. The van der Waals surface area contributed by atoms with Crippen LogP contribution in [0.2, 0.25) is 0 Å². The van der Waals surface area contributed by atoms with E-state index in [1.165, 1.54) is 25.4 Å². The molecule has 0 aliphatic rings. The van der Waals surface area contributed by atoms with Gasteiger partial charge in [-0.1, -0.05) is 15.9 Å². The Bertz CT molecular complexity index is 685. The molecule has 0 spiro atoms. The third kappa shape index (κ3) is 2.70. The van der Waals surface area contributed by atoms with Crippen LogP contribution >= 0.6 is 15.9 Å². The number of ketones is 1. The summed E-state index contributed by atoms with van der Waals surface area (Å²) in [6.07, 6.45) is 1.38. The summed E-state index contributed by atoms with van der Waals surface area (Å²) in [4.78, 5) is 27.5. The number of hydrogen-bond acceptors (Lipinski definition) is 4. The molecule has 0 bridgehead atoms. The van der Waals surface area contributed by atoms with Crippen molar-refractivity contribution in [3.63, 3.8) is 0 Å². The first-order chi connectivity index (χ1) is 9.54. The van der Waals surface area contributed by atoms with Crippen molar-refractivity contribution in [1.29, 1.82) is 0 Å². The van der Waals surface area contributed by atoms with Crippen molar-refractivity contribution < 1.29 is 19.4 Å². The Kier molecular flexibility index (Phi) is 4.14. The lowest BCUT2D eigenvalue weighted by Gasteiger charge is -2.09. The molecule has 0 aliphatic carbocycles. The minimum absolute atomic E-state index is 0.111. The molecule has 0 unspecified atom stereocenters. The van der Waals surface area contributed by atoms with E-state index in [4.69, 9.17) is 9.84 Å². The second-order valence-corrected chi connectivity index (χ2v) is 4.79. The first-order valence-electron chi connectivity index (χ1n) is 5.61. The summed E-state index contributed by atoms with van der Waals surface area (Å²) in [5.74, 6) is -1.34. The summed E-state index contributed by atoms with van der Waals surface area (Å²) < 4.78 is 5.90. The molecule has 1 heterocycles. The minimum Gasteiger partial charge on any atom is -0.496 e. The highest BCUT2D eigenvalue weighted by Crippen LogP contribution is 2.26. The second-order valence-electron chi connectivity index (χ2n) is 3.88. The maximum atomic E-state index is 12.4. The molecule has 2 aromatic rings. The van der Waals surface area contributed by atoms with E-state index < -0.39 is 11.8 Å². The zero-order valence-corrected chi connectivity index (χ0v) is 12.0. The molecule has 0 saturated heterocycles. The number of carboxylic acids is 1. The van der Waals surface area contributed by atoms with Crippen LogP contribution in [0.4, 0.5) is 0 Å². The number of hydrogen-bond donors (Lipinski definition) is 1. The normalized spacial score (nSPS) is 10.1. The van der Waals surface area contributed by atoms with Gasteiger partial charge in [-0.2, -0.15) is 0 Å². The number of rotatable bonds is 4. The number of pyridine rings is 1. The molecule has 0 radical (unpaired) electrons. The molecular formula is C14H10BrNO4. The topological polar surface area (TPSA) is 76.5 Å². The van der Waals surface area contributed by atoms with Gasteiger partial charge in [-0.05, 0) is 30.3 Å². The summed E-state index contributed by atoms with van der Waals surface area (Å²) in [5, 5.41) is 9.10. The van der Waals surface area contributed by atoms with E-state index in [-0.39, 0.29) is 16.8 Å². The van der Waals surface area contributed by atoms with Gasteiger partial charge in [0, 0.05) is 10.7 Å². The Labute approximate surface area is 123 Å². The van der Waals surface area contributed by atoms with Gasteiger partial charge < -0.3 is 9.84 Å². The van der Waals surface area contributed by atoms with Crippen LogP contribution in [-0.2, 0) is 0 Å². The fraction of sp³-hybridized carbons (Fsp3) is 0.0714. The van der Waals surface area contributed by atoms with Gasteiger partial charge in [0.1, 0.15) is 11.4 Å². The number of methoxy groups -OCH3 is 1. The zero-order chi connectivity index (χ0) is 14.7. The summed E-state index contributed by atoms with van der Waals surface area (Å²) in [6.45, 7) is 0. The standard InChI is InChI=1S/C14H10BrNO4/c1-20-11-7-8(15)4-5-9(11)13(17)12-10(14(18)19)3-2-6-16-12/h2-7H,1H3,(H,18,19). The Morgan fingerprint density at radius 3 is 2.65 bits per heavy atom. The number of aromatic nitrogens is 1. The van der Waals surface area contributed by atoms with E-state index in [0.29, 0.717) is 5.75 Å². The van der Waals surface area contributed by atoms with Crippen LogP contribution in [0.5, 0.6) is 5.75 Å². The van der Waals surface area contributed by atoms with E-state index in [2.05, 4.69) is 20.9 Å². The van der Waals surface area contributed by atoms with Crippen LogP contribution in [-0.4, -0.2) is 29.0 Å². The van der Waals surface area contributed by atoms with Crippen molar-refractivity contribution in [2.45, 2.75) is 0 Å². The van der Waals surface area contributed by atoms with Gasteiger partial charge in [0.05, 0.1) is 18.2 Å². The number of carbonyl (C=O) groups excluding carboxylic acids is 1. The molecule has 0 saturated carbocycles. The Morgan fingerprint density at radius 1 is 1.25 bits per heavy atom. The third-order valence-electron chi connectivity index (χ3n) is 2.66. The summed E-state index contributed by atoms with van der Waals surface area (Å²) in [7, 11) is 1.44. The third-order valence-corrected chi connectivity index (χ3v) is 3.15. The molecule has 6 heteroatoms. The van der Waals surface area contributed by atoms with Crippen molar-refractivity contribution >= 4 is 27.7 Å². The van der Waals surface area contributed by atoms with E-state index in [0.717, 1.165) is 4.47 Å². The average Bonchev–Trinajstić information content (AvgIpc) is 2.46. The van der Waals surface area contributed by atoms with E-state index in [1.54, 1.807) is 18.2 Å². The number of nitrogens with zero attached hydrogens (tertiary/aromatic N) is 1. The molecule has 20 heavy (non-hydrogen) atoms. The summed E-state index contributed by atoms with van der Waals surface area (Å²) in [5.41, 5.74) is 0.0139. The van der Waals surface area contributed by atoms with Gasteiger partial charge in [0.2, 0.25) is 5.78 Å². The average molecular weight is 336 g/mol. The quantitative estimate of drug-likeness (QED) is 0.869. The van der Waals surface area contributed by atoms with Gasteiger partial charge in [0.25, 0.3) is 0 Å². The largest absolute Gasteiger partial charge is 0.496 e. The Morgan fingerprint density at radius 2 is 2.00 bits per heavy atom. The van der Waals surface area contributed by atoms with Crippen LogP contribution < -0.4 is 4.74 Å². The number of aromatic carboxylic acids is 1. The van der Waals surface area contributed by atoms with Gasteiger partial charge in [-0.3, -0.25) is 9.78 Å². The van der Waals surface area contributed by atoms with Gasteiger partial charge >= 0.3 is 5.97 Å². The highest BCUT2D eigenvalue weighted by molar-refractivity contribution is 9.10. The monoisotopic (exact) mass is 335 g/mol. The summed E-state index contributed by atoms with van der Waals surface area (Å²) >= 11 is 3.28. The highest BCUT2D eigenvalue weighted by Gasteiger charge is 2.21. The number of carboxylic acid groups (broad SMARTS) is 1. The number of ether oxygens (including phenoxy) is 1. The lowest BCUT2D eigenvalue weighted by molar-refractivity contribution is 0.0692. The molecule has 2 rings (SSSR count). The van der Waals surface area contributed by atoms with Crippen molar-refractivity contribution in [3.05, 3.63) is 57.8 Å². The molecule has 5 nitrogen and oxygen atoms in total. The zero-order valence-electron chi connectivity index (χ0n) is 10.5. The van der Waals surface area contributed by atoms with Crippen LogP contribution in [0.15, 0.2) is 41.0 Å². The molecule has 0 fully saturated rings. The van der Waals surface area contributed by atoms with Crippen molar-refractivity contribution in [2.75, 3.05) is 7.11 Å². The van der Waals surface area contributed by atoms with Crippen LogP contribution in [0.3, 0.4) is 0 Å². The minimum atomic E-state index is -1.20. The fourth-order valence-electron chi connectivity index (χ4n) is 1.74. The molecule has 1 aromatic carbocycles. The van der Waals surface area contributed by atoms with E-state index in [1.807, 2.05) is 0 Å². The van der Waals surface area contributed by atoms with Gasteiger partial charge in [-0.25, -0.2) is 4.79 Å². The maximum Gasteiger partial charge on any atom is 0.338 e. The van der Waals surface area contributed by atoms with Gasteiger partial charge in [-0.15, -0.1) is 0 Å². The molecule has 0 atom stereocenters. The predicted octanol–water partition coefficient (Wildman–Crippen LogP) is 2.78. The lowest BCUT2D eigenvalue weighted by atomic mass is 10.0. The molecule has 0 amide bonds. The van der Waals surface area contributed by atoms with E-state index in [9.17, 15) is 9.59 Å². The van der Waals surface area contributed by atoms with Crippen LogP contribution in [0.1, 0.15) is 26.4 Å². The van der Waals surface area contributed by atoms with Crippen molar-refractivity contribution in [3.8, 4) is 5.75 Å². The SMILES string of the molecule is COc1cc(Br)ccc1C(=O)c1ncccc1C(=O)O. The molecule has 0 aliphatic heterocycles. The summed E-state index contributed by atoms with van der Waals surface area (Å²) in [6, 6.07) is 7.69. The molecular weight excluding hydrogens is 326 g/mol. The number of benzene rings is 1. The first kappa shape index (κ1) is 14.2. The Balaban J connectivity index is 2.55. The van der Waals surface area contributed by atoms with Crippen LogP contribution in [0, 0.1) is 0 Å². The predicted molar refractivity (Wildman–Crippen MR) is 75.3 cm³/mol. The second kappa shape index (κ2) is 5.83. The highest BCUT2D eigenvalue weighted by atomic mass is 79.9. The molecule has 1 aromatic heterocycles. The molecule has 102 valence electrons. The van der Waals surface area contributed by atoms with Gasteiger partial charge in [0.15, 0.2) is 0 Å². The van der Waals surface area contributed by atoms with Crippen molar-refractivity contribution in [1.82, 2.24) is 4.98 Å².